The predicted molar refractivity (Wildman–Crippen MR) is 462 cm³/mol. The Morgan fingerprint density at radius 1 is 0.148 bits per heavy atom. The smallest absolute Gasteiger partial charge is 0.163 e. The quantitative estimate of drug-likeness (QED) is 0.0204. The van der Waals surface area contributed by atoms with Crippen molar-refractivity contribution in [3.8, 4) is 34.5 Å². The number of fused-ring (bicyclic) bond motifs is 9. The maximum atomic E-state index is 6.79. The summed E-state index contributed by atoms with van der Waals surface area (Å²) in [7, 11) is 0. The maximum absolute atomic E-state index is 6.79. The summed E-state index contributed by atoms with van der Waals surface area (Å²) in [5.74, 6) is 4.24. The number of aromatic nitrogens is 6. The second-order valence-corrected chi connectivity index (χ2v) is 32.3. The van der Waals surface area contributed by atoms with Gasteiger partial charge in [0.05, 0.1) is 72.7 Å². The van der Waals surface area contributed by atoms with Gasteiger partial charge in [0, 0.05) is 36.4 Å². The van der Waals surface area contributed by atoms with Gasteiger partial charge in [0.2, 0.25) is 0 Å². The van der Waals surface area contributed by atoms with Crippen molar-refractivity contribution in [1.29, 1.82) is 0 Å². The highest BCUT2D eigenvalue weighted by Crippen LogP contribution is 2.41. The highest BCUT2D eigenvalue weighted by Gasteiger charge is 2.23. The molecule has 0 aliphatic heterocycles. The molecular weight excluding hydrogens is 1330 g/mol. The van der Waals surface area contributed by atoms with E-state index in [4.69, 9.17) is 58.3 Å². The molecule has 0 fully saturated rings. The molecule has 0 saturated heterocycles. The lowest BCUT2D eigenvalue weighted by Crippen LogP contribution is -2.05. The first-order chi connectivity index (χ1) is 53.5. The molecule has 0 N–H and O–H groups in total. The Labute approximate surface area is 658 Å². The van der Waals surface area contributed by atoms with Gasteiger partial charge in [-0.15, -0.1) is 0 Å². The van der Waals surface area contributed by atoms with E-state index in [0.29, 0.717) is 140 Å². The van der Waals surface area contributed by atoms with E-state index in [-0.39, 0.29) is 0 Å². The second kappa shape index (κ2) is 58.4. The molecule has 7 rings (SSSR count). The first-order valence-corrected chi connectivity index (χ1v) is 46.3. The standard InChI is InChI=1S/C96H156N6O6/c1-7-13-19-25-31-37-43-49-55-61-67-103-85-73-79-80(74-86(85)104-68-62-56-50-44-38-32-26-20-14-8-2)98-92-91(97-79)93-95(101-82-76-88(106-70-64-58-52-46-40-34-28-22-16-10-4)87(75-81(82)99-93)105-69-63-57-51-45-39-33-27-21-15-9-3)96-94(92)100-83-77-89(107-71-65-59-53-47-41-35-29-23-17-11-5)90(78-84(83)102-96)108-72-66-60-54-48-42-36-30-24-18-12-6/h73-78H,7-72H2,1-6H3. The number of rotatable bonds is 72. The summed E-state index contributed by atoms with van der Waals surface area (Å²) in [6.45, 7) is 17.4. The summed E-state index contributed by atoms with van der Waals surface area (Å²) < 4.78 is 40.7. The van der Waals surface area contributed by atoms with Gasteiger partial charge in [0.1, 0.15) is 33.1 Å². The van der Waals surface area contributed by atoms with Crippen LogP contribution in [0, 0.1) is 0 Å². The van der Waals surface area contributed by atoms with E-state index in [2.05, 4.69) is 77.9 Å². The van der Waals surface area contributed by atoms with E-state index in [1.54, 1.807) is 0 Å². The predicted octanol–water partition coefficient (Wildman–Crippen LogP) is 30.8. The lowest BCUT2D eigenvalue weighted by Gasteiger charge is -2.16. The van der Waals surface area contributed by atoms with Crippen molar-refractivity contribution in [3.05, 3.63) is 36.4 Å². The molecular formula is C96H156N6O6. The highest BCUT2D eigenvalue weighted by atomic mass is 16.5. The third-order valence-electron chi connectivity index (χ3n) is 22.4. The summed E-state index contributed by atoms with van der Waals surface area (Å²) in [4.78, 5) is 33.5. The van der Waals surface area contributed by atoms with Gasteiger partial charge in [-0.1, -0.05) is 388 Å². The number of ether oxygens (including phenoxy) is 6. The van der Waals surface area contributed by atoms with Crippen molar-refractivity contribution in [1.82, 2.24) is 29.9 Å². The monoisotopic (exact) mass is 1490 g/mol. The molecule has 0 spiro atoms. The molecule has 0 atom stereocenters. The first kappa shape index (κ1) is 89.7. The molecule has 0 unspecified atom stereocenters. The van der Waals surface area contributed by atoms with Crippen molar-refractivity contribution >= 4 is 66.2 Å². The summed E-state index contributed by atoms with van der Waals surface area (Å²) in [6, 6.07) is 12.3. The number of hydrogen-bond acceptors (Lipinski definition) is 12. The average molecular weight is 1490 g/mol. The molecule has 12 heteroatoms. The molecule has 0 aliphatic rings. The fraction of sp³-hybridized carbons (Fsp3) is 0.750. The van der Waals surface area contributed by atoms with Crippen LogP contribution in [0.2, 0.25) is 0 Å². The van der Waals surface area contributed by atoms with Crippen LogP contribution in [0.4, 0.5) is 0 Å². The molecule has 4 aromatic carbocycles. The Bertz CT molecular complexity index is 2840. The molecule has 0 aliphatic carbocycles. The molecule has 3 aromatic heterocycles. The van der Waals surface area contributed by atoms with Gasteiger partial charge in [0.25, 0.3) is 0 Å². The summed E-state index contributed by atoms with van der Waals surface area (Å²) in [5.41, 5.74) is 7.84. The Balaban J connectivity index is 1.26. The maximum Gasteiger partial charge on any atom is 0.163 e. The minimum Gasteiger partial charge on any atom is -0.490 e. The number of unbranched alkanes of at least 4 members (excludes halogenated alkanes) is 54. The van der Waals surface area contributed by atoms with Crippen LogP contribution in [-0.4, -0.2) is 69.5 Å². The van der Waals surface area contributed by atoms with Crippen molar-refractivity contribution in [3.63, 3.8) is 0 Å². The SMILES string of the molecule is CCCCCCCCCCCCOc1cc2nc3c4nc5cc(OCCCCCCCCCCCC)c(OCCCCCCCCCCCC)cc5nc4c4nc5cc(OCCCCCCCCCCCC)c(OCCCCCCCCCCCC)cc5nc4c3nc2cc1OCCCCCCCCCCCC. The van der Waals surface area contributed by atoms with Crippen molar-refractivity contribution in [2.24, 2.45) is 0 Å². The fourth-order valence-corrected chi connectivity index (χ4v) is 15.5. The van der Waals surface area contributed by atoms with E-state index in [9.17, 15) is 0 Å². The molecule has 0 radical (unpaired) electrons. The van der Waals surface area contributed by atoms with Gasteiger partial charge in [0.15, 0.2) is 34.5 Å². The summed E-state index contributed by atoms with van der Waals surface area (Å²) in [5, 5.41) is 0. The Kier molecular flexibility index (Phi) is 48.5. The van der Waals surface area contributed by atoms with Gasteiger partial charge in [-0.25, -0.2) is 29.9 Å². The fourth-order valence-electron chi connectivity index (χ4n) is 15.5. The number of hydrogen-bond donors (Lipinski definition) is 0. The zero-order valence-electron chi connectivity index (χ0n) is 70.3. The van der Waals surface area contributed by atoms with Crippen molar-refractivity contribution < 1.29 is 28.4 Å². The number of nitrogens with zero attached hydrogens (tertiary/aromatic N) is 6. The topological polar surface area (TPSA) is 133 Å². The van der Waals surface area contributed by atoms with E-state index in [1.165, 1.54) is 308 Å². The van der Waals surface area contributed by atoms with Crippen LogP contribution in [0.1, 0.15) is 427 Å². The van der Waals surface area contributed by atoms with Crippen LogP contribution >= 0.6 is 0 Å². The molecule has 0 bridgehead atoms. The summed E-state index contributed by atoms with van der Waals surface area (Å²) >= 11 is 0. The third kappa shape index (κ3) is 35.0. The number of benzene rings is 4. The Morgan fingerprint density at radius 3 is 0.361 bits per heavy atom. The normalized spacial score (nSPS) is 11.8. The zero-order valence-corrected chi connectivity index (χ0v) is 70.3. The molecule has 108 heavy (non-hydrogen) atoms. The van der Waals surface area contributed by atoms with Crippen molar-refractivity contribution in [2.75, 3.05) is 39.6 Å². The minimum atomic E-state index is 0.607. The molecule has 3 heterocycles. The zero-order chi connectivity index (χ0) is 75.8. The minimum absolute atomic E-state index is 0.607. The Hall–Kier alpha value is -5.52. The van der Waals surface area contributed by atoms with Gasteiger partial charge in [-0.3, -0.25) is 0 Å². The molecule has 0 amide bonds. The molecule has 7 aromatic rings. The van der Waals surface area contributed by atoms with Crippen LogP contribution < -0.4 is 28.4 Å². The van der Waals surface area contributed by atoms with Crippen LogP contribution in [0.5, 0.6) is 34.5 Å². The third-order valence-corrected chi connectivity index (χ3v) is 22.4. The van der Waals surface area contributed by atoms with Crippen LogP contribution in [0.3, 0.4) is 0 Å². The van der Waals surface area contributed by atoms with Crippen LogP contribution in [0.15, 0.2) is 36.4 Å². The largest absolute Gasteiger partial charge is 0.490 e. The Morgan fingerprint density at radius 2 is 0.250 bits per heavy atom. The van der Waals surface area contributed by atoms with Crippen LogP contribution in [-0.2, 0) is 0 Å². The molecule has 606 valence electrons. The highest BCUT2D eigenvalue weighted by molar-refractivity contribution is 6.21. The lowest BCUT2D eigenvalue weighted by molar-refractivity contribution is 0.259. The molecule has 12 nitrogen and oxygen atoms in total. The van der Waals surface area contributed by atoms with E-state index in [0.717, 1.165) is 77.0 Å². The van der Waals surface area contributed by atoms with E-state index < -0.39 is 0 Å². The van der Waals surface area contributed by atoms with Crippen LogP contribution in [0.25, 0.3) is 66.2 Å². The van der Waals surface area contributed by atoms with Crippen molar-refractivity contribution in [2.45, 2.75) is 427 Å². The van der Waals surface area contributed by atoms with E-state index >= 15 is 0 Å². The van der Waals surface area contributed by atoms with Gasteiger partial charge >= 0.3 is 0 Å². The average Bonchev–Trinajstić information content (AvgIpc) is 0.718. The summed E-state index contributed by atoms with van der Waals surface area (Å²) in [6.07, 6.45) is 75.9. The first-order valence-electron chi connectivity index (χ1n) is 46.3. The lowest BCUT2D eigenvalue weighted by atomic mass is 10.1. The van der Waals surface area contributed by atoms with Gasteiger partial charge < -0.3 is 28.4 Å². The van der Waals surface area contributed by atoms with Gasteiger partial charge in [-0.05, 0) is 38.5 Å². The van der Waals surface area contributed by atoms with Gasteiger partial charge in [-0.2, -0.15) is 0 Å². The van der Waals surface area contributed by atoms with E-state index in [1.807, 2.05) is 0 Å². The second-order valence-electron chi connectivity index (χ2n) is 32.3. The molecule has 0 saturated carbocycles.